The fourth-order valence-electron chi connectivity index (χ4n) is 1.36. The van der Waals surface area contributed by atoms with Crippen molar-refractivity contribution in [3.05, 3.63) is 23.9 Å². The quantitative estimate of drug-likeness (QED) is 0.816. The van der Waals surface area contributed by atoms with Crippen LogP contribution in [0.5, 0.6) is 0 Å². The molecule has 0 radical (unpaired) electrons. The van der Waals surface area contributed by atoms with Gasteiger partial charge >= 0.3 is 6.18 Å². The second kappa shape index (κ2) is 5.53. The van der Waals surface area contributed by atoms with Gasteiger partial charge in [0.25, 0.3) is 0 Å². The van der Waals surface area contributed by atoms with E-state index in [9.17, 15) is 13.2 Å². The topological polar surface area (TPSA) is 39.9 Å². The molecule has 1 rings (SSSR count). The van der Waals surface area contributed by atoms with Crippen LogP contribution in [0.4, 0.5) is 19.0 Å². The van der Waals surface area contributed by atoms with Crippen LogP contribution in [0.1, 0.15) is 18.9 Å². The first-order chi connectivity index (χ1) is 7.99. The van der Waals surface area contributed by atoms with E-state index in [-0.39, 0.29) is 0 Å². The number of nitrogens with zero attached hydrogens (tertiary/aromatic N) is 3. The van der Waals surface area contributed by atoms with Crippen LogP contribution in [0.2, 0.25) is 0 Å². The van der Waals surface area contributed by atoms with Crippen molar-refractivity contribution < 1.29 is 13.2 Å². The fourth-order valence-corrected chi connectivity index (χ4v) is 1.36. The van der Waals surface area contributed by atoms with Gasteiger partial charge in [0.2, 0.25) is 0 Å². The third-order valence-corrected chi connectivity index (χ3v) is 2.27. The zero-order valence-corrected chi connectivity index (χ0v) is 9.33. The van der Waals surface area contributed by atoms with Crippen LogP contribution in [0.3, 0.4) is 0 Å². The molecule has 1 heterocycles. The van der Waals surface area contributed by atoms with Crippen molar-refractivity contribution in [1.29, 1.82) is 5.26 Å². The van der Waals surface area contributed by atoms with Crippen LogP contribution in [-0.2, 0) is 6.18 Å². The molecule has 3 nitrogen and oxygen atoms in total. The zero-order chi connectivity index (χ0) is 12.9. The summed E-state index contributed by atoms with van der Waals surface area (Å²) in [5, 5.41) is 8.46. The average Bonchev–Trinajstić information content (AvgIpc) is 2.29. The van der Waals surface area contributed by atoms with Crippen LogP contribution in [0, 0.1) is 11.3 Å². The van der Waals surface area contributed by atoms with Gasteiger partial charge in [0.1, 0.15) is 5.82 Å². The minimum atomic E-state index is -4.37. The monoisotopic (exact) mass is 243 g/mol. The average molecular weight is 243 g/mol. The van der Waals surface area contributed by atoms with Gasteiger partial charge in [-0.3, -0.25) is 0 Å². The maximum atomic E-state index is 12.3. The number of anilines is 1. The van der Waals surface area contributed by atoms with Crippen molar-refractivity contribution >= 4 is 5.82 Å². The van der Waals surface area contributed by atoms with Gasteiger partial charge in [-0.15, -0.1) is 0 Å². The van der Waals surface area contributed by atoms with E-state index in [0.717, 1.165) is 12.3 Å². The Kier molecular flexibility index (Phi) is 4.32. The van der Waals surface area contributed by atoms with E-state index in [1.165, 1.54) is 6.07 Å². The molecule has 0 unspecified atom stereocenters. The SMILES string of the molecule is CCN(CCC#N)c1ccc(C(F)(F)F)cn1. The molecule has 17 heavy (non-hydrogen) atoms. The lowest BCUT2D eigenvalue weighted by molar-refractivity contribution is -0.137. The molecule has 0 saturated heterocycles. The predicted octanol–water partition coefficient (Wildman–Crippen LogP) is 2.84. The molecule has 1 aromatic heterocycles. The molecule has 0 aromatic carbocycles. The molecule has 0 amide bonds. The Morgan fingerprint density at radius 3 is 2.53 bits per heavy atom. The van der Waals surface area contributed by atoms with E-state index in [2.05, 4.69) is 4.98 Å². The number of alkyl halides is 3. The summed E-state index contributed by atoms with van der Waals surface area (Å²) in [5.41, 5.74) is -0.766. The first-order valence-corrected chi connectivity index (χ1v) is 5.14. The molecule has 0 atom stereocenters. The number of aromatic nitrogens is 1. The Balaban J connectivity index is 2.82. The van der Waals surface area contributed by atoms with E-state index in [1.807, 2.05) is 13.0 Å². The van der Waals surface area contributed by atoms with Crippen LogP contribution in [0.15, 0.2) is 18.3 Å². The Morgan fingerprint density at radius 2 is 2.12 bits per heavy atom. The first-order valence-electron chi connectivity index (χ1n) is 5.14. The minimum Gasteiger partial charge on any atom is -0.356 e. The van der Waals surface area contributed by atoms with E-state index in [1.54, 1.807) is 4.90 Å². The van der Waals surface area contributed by atoms with E-state index in [0.29, 0.717) is 25.3 Å². The summed E-state index contributed by atoms with van der Waals surface area (Å²) < 4.78 is 36.9. The number of halogens is 3. The van der Waals surface area contributed by atoms with Gasteiger partial charge in [-0.1, -0.05) is 0 Å². The molecule has 0 fully saturated rings. The van der Waals surface area contributed by atoms with Crippen LogP contribution < -0.4 is 4.90 Å². The van der Waals surface area contributed by atoms with E-state index >= 15 is 0 Å². The van der Waals surface area contributed by atoms with E-state index in [4.69, 9.17) is 5.26 Å². The van der Waals surface area contributed by atoms with Crippen molar-refractivity contribution in [1.82, 2.24) is 4.98 Å². The Bertz CT molecular complexity index is 392. The summed E-state index contributed by atoms with van der Waals surface area (Å²) in [5.74, 6) is 0.454. The standard InChI is InChI=1S/C11H12F3N3/c1-2-17(7-3-6-15)10-5-4-9(8-16-10)11(12,13)14/h4-5,8H,2-3,7H2,1H3. The Morgan fingerprint density at radius 1 is 1.41 bits per heavy atom. The second-order valence-electron chi connectivity index (χ2n) is 3.39. The lowest BCUT2D eigenvalue weighted by atomic mass is 10.2. The fraction of sp³-hybridized carbons (Fsp3) is 0.455. The molecule has 0 aliphatic rings. The smallest absolute Gasteiger partial charge is 0.356 e. The van der Waals surface area contributed by atoms with Crippen molar-refractivity contribution in [3.63, 3.8) is 0 Å². The number of hydrogen-bond donors (Lipinski definition) is 0. The molecule has 0 aliphatic heterocycles. The maximum absolute atomic E-state index is 12.3. The normalized spacial score (nSPS) is 11.0. The number of pyridine rings is 1. The van der Waals surface area contributed by atoms with Crippen LogP contribution in [0.25, 0.3) is 0 Å². The highest BCUT2D eigenvalue weighted by Gasteiger charge is 2.30. The van der Waals surface area contributed by atoms with Crippen molar-refractivity contribution in [2.24, 2.45) is 0 Å². The summed E-state index contributed by atoms with van der Waals surface area (Å²) in [6.45, 7) is 2.92. The lowest BCUT2D eigenvalue weighted by Crippen LogP contribution is -2.24. The van der Waals surface area contributed by atoms with Crippen LogP contribution >= 0.6 is 0 Å². The third kappa shape index (κ3) is 3.63. The summed E-state index contributed by atoms with van der Waals surface area (Å²) >= 11 is 0. The van der Waals surface area contributed by atoms with Gasteiger partial charge in [-0.25, -0.2) is 4.98 Å². The molecular formula is C11H12F3N3. The van der Waals surface area contributed by atoms with Gasteiger partial charge in [0.05, 0.1) is 18.1 Å². The largest absolute Gasteiger partial charge is 0.417 e. The number of nitriles is 1. The molecule has 92 valence electrons. The molecule has 6 heteroatoms. The highest BCUT2D eigenvalue weighted by molar-refractivity contribution is 5.39. The van der Waals surface area contributed by atoms with Crippen molar-refractivity contribution in [2.75, 3.05) is 18.0 Å². The molecule has 0 saturated carbocycles. The molecule has 1 aromatic rings. The lowest BCUT2D eigenvalue weighted by Gasteiger charge is -2.20. The van der Waals surface area contributed by atoms with Gasteiger partial charge in [-0.05, 0) is 19.1 Å². The molecule has 0 spiro atoms. The molecule has 0 aliphatic carbocycles. The van der Waals surface area contributed by atoms with Crippen molar-refractivity contribution in [2.45, 2.75) is 19.5 Å². The summed E-state index contributed by atoms with van der Waals surface area (Å²) in [4.78, 5) is 5.52. The van der Waals surface area contributed by atoms with Crippen LogP contribution in [-0.4, -0.2) is 18.1 Å². The Labute approximate surface area is 97.5 Å². The number of rotatable bonds is 4. The van der Waals surface area contributed by atoms with E-state index < -0.39 is 11.7 Å². The van der Waals surface area contributed by atoms with Gasteiger partial charge in [0.15, 0.2) is 0 Å². The maximum Gasteiger partial charge on any atom is 0.417 e. The zero-order valence-electron chi connectivity index (χ0n) is 9.33. The highest BCUT2D eigenvalue weighted by Crippen LogP contribution is 2.29. The highest BCUT2D eigenvalue weighted by atomic mass is 19.4. The minimum absolute atomic E-state index is 0.316. The molecule has 0 bridgehead atoms. The van der Waals surface area contributed by atoms with Gasteiger partial charge < -0.3 is 4.90 Å². The van der Waals surface area contributed by atoms with Gasteiger partial charge in [0, 0.05) is 19.3 Å². The summed E-state index contributed by atoms with van der Waals surface area (Å²) in [7, 11) is 0. The molecular weight excluding hydrogens is 231 g/mol. The predicted molar refractivity (Wildman–Crippen MR) is 57.4 cm³/mol. The first kappa shape index (κ1) is 13.3. The molecule has 0 N–H and O–H groups in total. The summed E-state index contributed by atoms with van der Waals surface area (Å²) in [6.07, 6.45) is -3.24. The van der Waals surface area contributed by atoms with Gasteiger partial charge in [-0.2, -0.15) is 18.4 Å². The Hall–Kier alpha value is -1.77. The van der Waals surface area contributed by atoms with Crippen molar-refractivity contribution in [3.8, 4) is 6.07 Å². The second-order valence-corrected chi connectivity index (χ2v) is 3.39. The third-order valence-electron chi connectivity index (χ3n) is 2.27. The summed E-state index contributed by atoms with van der Waals surface area (Å²) in [6, 6.07) is 4.31. The number of hydrogen-bond acceptors (Lipinski definition) is 3.